The fraction of sp³-hybridized carbons (Fsp3) is 0.294. The van der Waals surface area contributed by atoms with Crippen molar-refractivity contribution in [2.45, 2.75) is 26.0 Å². The van der Waals surface area contributed by atoms with Crippen molar-refractivity contribution in [1.82, 2.24) is 0 Å². The lowest BCUT2D eigenvalue weighted by Gasteiger charge is -2.22. The summed E-state index contributed by atoms with van der Waals surface area (Å²) in [5, 5.41) is 0. The summed E-state index contributed by atoms with van der Waals surface area (Å²) in [6.07, 6.45) is -0.233. The van der Waals surface area contributed by atoms with Gasteiger partial charge in [0.1, 0.15) is 23.4 Å². The van der Waals surface area contributed by atoms with Gasteiger partial charge in [-0.25, -0.2) is 4.39 Å². The highest BCUT2D eigenvalue weighted by Crippen LogP contribution is 2.23. The van der Waals surface area contributed by atoms with E-state index in [1.807, 2.05) is 31.2 Å². The van der Waals surface area contributed by atoms with Gasteiger partial charge in [0.2, 0.25) is 0 Å². The van der Waals surface area contributed by atoms with Crippen LogP contribution in [0.15, 0.2) is 42.5 Å². The van der Waals surface area contributed by atoms with Gasteiger partial charge in [-0.05, 0) is 55.3 Å². The normalized spacial score (nSPS) is 13.6. The van der Waals surface area contributed by atoms with Crippen LogP contribution in [0.3, 0.4) is 0 Å². The van der Waals surface area contributed by atoms with Crippen LogP contribution in [-0.2, 0) is 0 Å². The van der Waals surface area contributed by atoms with Crippen LogP contribution in [0.5, 0.6) is 11.5 Å². The zero-order chi connectivity index (χ0) is 15.4. The Hall–Kier alpha value is -2.07. The maximum atomic E-state index is 13.2. The summed E-state index contributed by atoms with van der Waals surface area (Å²) in [5.74, 6) is 1.16. The minimum atomic E-state index is -0.277. The zero-order valence-corrected chi connectivity index (χ0v) is 12.5. The van der Waals surface area contributed by atoms with Crippen LogP contribution >= 0.6 is 0 Å². The zero-order valence-electron chi connectivity index (χ0n) is 12.5. The molecule has 0 aliphatic rings. The van der Waals surface area contributed by atoms with E-state index in [-0.39, 0.29) is 18.0 Å². The molecular weight excluding hydrogens is 269 g/mol. The highest BCUT2D eigenvalue weighted by molar-refractivity contribution is 5.31. The number of halogens is 1. The molecule has 2 N–H and O–H groups in total. The maximum Gasteiger partial charge on any atom is 0.126 e. The second-order valence-electron chi connectivity index (χ2n) is 5.03. The molecule has 0 amide bonds. The third-order valence-corrected chi connectivity index (χ3v) is 3.46. The highest BCUT2D eigenvalue weighted by Gasteiger charge is 2.17. The summed E-state index contributed by atoms with van der Waals surface area (Å²) in [6, 6.07) is 12.0. The molecule has 0 spiro atoms. The molecule has 4 heteroatoms. The standard InChI is InChI=1S/C17H20FNO2/c1-11-10-15(8-9-16(11)18)21-12(2)17(19)13-4-6-14(20-3)7-5-13/h4-10,12,17H,19H2,1-3H3. The van der Waals surface area contributed by atoms with Gasteiger partial charge in [0, 0.05) is 0 Å². The number of rotatable bonds is 5. The van der Waals surface area contributed by atoms with Gasteiger partial charge in [-0.2, -0.15) is 0 Å². The van der Waals surface area contributed by atoms with E-state index in [4.69, 9.17) is 15.2 Å². The van der Waals surface area contributed by atoms with Crippen molar-refractivity contribution in [3.8, 4) is 11.5 Å². The Morgan fingerprint density at radius 1 is 1.05 bits per heavy atom. The van der Waals surface area contributed by atoms with Crippen molar-refractivity contribution in [2.24, 2.45) is 5.73 Å². The van der Waals surface area contributed by atoms with Gasteiger partial charge < -0.3 is 15.2 Å². The first kappa shape index (κ1) is 15.3. The fourth-order valence-electron chi connectivity index (χ4n) is 2.08. The van der Waals surface area contributed by atoms with Crippen molar-refractivity contribution in [2.75, 3.05) is 7.11 Å². The average molecular weight is 289 g/mol. The molecule has 0 aromatic heterocycles. The second-order valence-corrected chi connectivity index (χ2v) is 5.03. The molecule has 2 aromatic carbocycles. The molecular formula is C17H20FNO2. The molecule has 0 saturated heterocycles. The molecule has 2 unspecified atom stereocenters. The summed E-state index contributed by atoms with van der Waals surface area (Å²) < 4.78 is 24.2. The number of methoxy groups -OCH3 is 1. The maximum absolute atomic E-state index is 13.2. The molecule has 0 heterocycles. The Kier molecular flexibility index (Phi) is 4.81. The van der Waals surface area contributed by atoms with E-state index in [0.717, 1.165) is 11.3 Å². The Labute approximate surface area is 124 Å². The molecule has 3 nitrogen and oxygen atoms in total. The van der Waals surface area contributed by atoms with Crippen LogP contribution in [0.2, 0.25) is 0 Å². The van der Waals surface area contributed by atoms with Gasteiger partial charge in [-0.15, -0.1) is 0 Å². The van der Waals surface area contributed by atoms with Crippen molar-refractivity contribution < 1.29 is 13.9 Å². The summed E-state index contributed by atoms with van der Waals surface area (Å²) in [4.78, 5) is 0. The molecule has 2 atom stereocenters. The van der Waals surface area contributed by atoms with Crippen molar-refractivity contribution in [3.63, 3.8) is 0 Å². The molecule has 0 aliphatic carbocycles. The number of nitrogens with two attached hydrogens (primary N) is 1. The smallest absolute Gasteiger partial charge is 0.126 e. The third-order valence-electron chi connectivity index (χ3n) is 3.46. The Balaban J connectivity index is 2.07. The van der Waals surface area contributed by atoms with Crippen LogP contribution in [0, 0.1) is 12.7 Å². The lowest BCUT2D eigenvalue weighted by Crippen LogP contribution is -2.28. The van der Waals surface area contributed by atoms with E-state index in [1.54, 1.807) is 26.2 Å². The lowest BCUT2D eigenvalue weighted by atomic mass is 10.0. The minimum absolute atomic E-state index is 0.233. The molecule has 0 saturated carbocycles. The predicted octanol–water partition coefficient (Wildman–Crippen LogP) is 3.61. The monoisotopic (exact) mass is 289 g/mol. The first-order chi connectivity index (χ1) is 10.0. The third kappa shape index (κ3) is 3.73. The number of ether oxygens (including phenoxy) is 2. The Bertz CT molecular complexity index is 598. The van der Waals surface area contributed by atoms with Crippen molar-refractivity contribution in [1.29, 1.82) is 0 Å². The van der Waals surface area contributed by atoms with Crippen LogP contribution in [-0.4, -0.2) is 13.2 Å². The predicted molar refractivity (Wildman–Crippen MR) is 81.1 cm³/mol. The molecule has 2 aromatic rings. The first-order valence-corrected chi connectivity index (χ1v) is 6.83. The van der Waals surface area contributed by atoms with E-state index < -0.39 is 0 Å². The summed E-state index contributed by atoms with van der Waals surface area (Å²) >= 11 is 0. The van der Waals surface area contributed by atoms with Crippen LogP contribution in [0.1, 0.15) is 24.1 Å². The van der Waals surface area contributed by atoms with Gasteiger partial charge in [-0.1, -0.05) is 12.1 Å². The van der Waals surface area contributed by atoms with Gasteiger partial charge in [0.15, 0.2) is 0 Å². The summed E-state index contributed by atoms with van der Waals surface area (Å²) in [7, 11) is 1.62. The molecule has 112 valence electrons. The van der Waals surface area contributed by atoms with Crippen LogP contribution in [0.4, 0.5) is 4.39 Å². The first-order valence-electron chi connectivity index (χ1n) is 6.83. The molecule has 0 fully saturated rings. The summed E-state index contributed by atoms with van der Waals surface area (Å²) in [6.45, 7) is 3.60. The number of benzene rings is 2. The molecule has 0 radical (unpaired) electrons. The highest BCUT2D eigenvalue weighted by atomic mass is 19.1. The van der Waals surface area contributed by atoms with E-state index >= 15 is 0 Å². The number of aryl methyl sites for hydroxylation is 1. The van der Waals surface area contributed by atoms with E-state index in [0.29, 0.717) is 11.3 Å². The van der Waals surface area contributed by atoms with Gasteiger partial charge in [0.05, 0.1) is 13.2 Å². The van der Waals surface area contributed by atoms with Gasteiger partial charge >= 0.3 is 0 Å². The number of hydrogen-bond acceptors (Lipinski definition) is 3. The van der Waals surface area contributed by atoms with Gasteiger partial charge in [0.25, 0.3) is 0 Å². The van der Waals surface area contributed by atoms with Crippen molar-refractivity contribution in [3.05, 3.63) is 59.4 Å². The molecule has 0 aliphatic heterocycles. The summed E-state index contributed by atoms with van der Waals surface area (Å²) in [5.41, 5.74) is 7.72. The van der Waals surface area contributed by atoms with E-state index in [2.05, 4.69) is 0 Å². The Morgan fingerprint density at radius 2 is 1.67 bits per heavy atom. The second kappa shape index (κ2) is 6.59. The topological polar surface area (TPSA) is 44.5 Å². The van der Waals surface area contributed by atoms with E-state index in [9.17, 15) is 4.39 Å². The fourth-order valence-corrected chi connectivity index (χ4v) is 2.08. The SMILES string of the molecule is COc1ccc(C(N)C(C)Oc2ccc(F)c(C)c2)cc1. The Morgan fingerprint density at radius 3 is 2.24 bits per heavy atom. The minimum Gasteiger partial charge on any atom is -0.497 e. The van der Waals surface area contributed by atoms with Gasteiger partial charge in [-0.3, -0.25) is 0 Å². The number of hydrogen-bond donors (Lipinski definition) is 1. The quantitative estimate of drug-likeness (QED) is 0.914. The molecule has 2 rings (SSSR count). The van der Waals surface area contributed by atoms with Crippen molar-refractivity contribution >= 4 is 0 Å². The van der Waals surface area contributed by atoms with Crippen LogP contribution in [0.25, 0.3) is 0 Å². The largest absolute Gasteiger partial charge is 0.497 e. The molecule has 0 bridgehead atoms. The van der Waals surface area contributed by atoms with E-state index in [1.165, 1.54) is 6.07 Å². The average Bonchev–Trinajstić information content (AvgIpc) is 2.50. The molecule has 21 heavy (non-hydrogen) atoms. The lowest BCUT2D eigenvalue weighted by molar-refractivity contribution is 0.190. The van der Waals surface area contributed by atoms with Crippen LogP contribution < -0.4 is 15.2 Å².